The fourth-order valence-corrected chi connectivity index (χ4v) is 4.91. The molecule has 2 aliphatic heterocycles. The number of carbonyl (C=O) groups is 2. The lowest BCUT2D eigenvalue weighted by Crippen LogP contribution is -2.50. The number of amides is 2. The Morgan fingerprint density at radius 2 is 1.74 bits per heavy atom. The molecule has 0 saturated carbocycles. The third-order valence-corrected chi connectivity index (χ3v) is 6.93. The minimum Gasteiger partial charge on any atom is -0.450 e. The molecule has 8 nitrogen and oxygen atoms in total. The van der Waals surface area contributed by atoms with E-state index in [-0.39, 0.29) is 23.9 Å². The van der Waals surface area contributed by atoms with Gasteiger partial charge in [0.1, 0.15) is 0 Å². The largest absolute Gasteiger partial charge is 0.450 e. The molecule has 0 spiro atoms. The van der Waals surface area contributed by atoms with Crippen molar-refractivity contribution < 1.29 is 22.7 Å². The minimum atomic E-state index is -3.64. The van der Waals surface area contributed by atoms with Crippen molar-refractivity contribution in [3.05, 3.63) is 29.3 Å². The summed E-state index contributed by atoms with van der Waals surface area (Å²) in [6.45, 7) is 5.73. The molecular formula is C18H25N3O5S. The Labute approximate surface area is 159 Å². The van der Waals surface area contributed by atoms with E-state index in [1.165, 1.54) is 16.1 Å². The number of carbonyl (C=O) groups excluding carboxylic acids is 2. The first-order valence-electron chi connectivity index (χ1n) is 9.12. The highest BCUT2D eigenvalue weighted by Gasteiger charge is 2.31. The summed E-state index contributed by atoms with van der Waals surface area (Å²) >= 11 is 0. The van der Waals surface area contributed by atoms with E-state index in [0.717, 1.165) is 17.5 Å². The van der Waals surface area contributed by atoms with E-state index >= 15 is 0 Å². The number of benzene rings is 1. The molecule has 2 heterocycles. The van der Waals surface area contributed by atoms with Crippen molar-refractivity contribution in [3.8, 4) is 0 Å². The number of piperazine rings is 1. The summed E-state index contributed by atoms with van der Waals surface area (Å²) in [6, 6.07) is 5.15. The molecule has 0 aromatic heterocycles. The second-order valence-electron chi connectivity index (χ2n) is 6.71. The number of nitrogens with zero attached hydrogens (tertiary/aromatic N) is 3. The van der Waals surface area contributed by atoms with Crippen LogP contribution in [0.3, 0.4) is 0 Å². The fraction of sp³-hybridized carbons (Fsp3) is 0.556. The summed E-state index contributed by atoms with van der Waals surface area (Å²) in [4.78, 5) is 26.9. The molecule has 27 heavy (non-hydrogen) atoms. The van der Waals surface area contributed by atoms with Crippen LogP contribution in [0.1, 0.15) is 25.0 Å². The first-order valence-corrected chi connectivity index (χ1v) is 10.6. The maximum atomic E-state index is 13.0. The van der Waals surface area contributed by atoms with Gasteiger partial charge >= 0.3 is 6.09 Å². The van der Waals surface area contributed by atoms with Crippen molar-refractivity contribution in [2.24, 2.45) is 0 Å². The van der Waals surface area contributed by atoms with Gasteiger partial charge < -0.3 is 14.5 Å². The smallest absolute Gasteiger partial charge is 0.409 e. The number of sulfonamides is 1. The summed E-state index contributed by atoms with van der Waals surface area (Å²) in [7, 11) is -3.64. The first kappa shape index (κ1) is 19.6. The molecule has 3 rings (SSSR count). The molecule has 1 aromatic rings. The highest BCUT2D eigenvalue weighted by Crippen LogP contribution is 2.25. The number of hydrogen-bond donors (Lipinski definition) is 0. The molecule has 2 amide bonds. The summed E-state index contributed by atoms with van der Waals surface area (Å²) in [5.41, 5.74) is 1.96. The Balaban J connectivity index is 1.74. The first-order chi connectivity index (χ1) is 12.8. The Kier molecular flexibility index (Phi) is 5.71. The Hall–Kier alpha value is -2.13. The van der Waals surface area contributed by atoms with Crippen LogP contribution in [0.2, 0.25) is 0 Å². The lowest BCUT2D eigenvalue weighted by Gasteiger charge is -2.33. The van der Waals surface area contributed by atoms with E-state index in [9.17, 15) is 18.0 Å². The summed E-state index contributed by atoms with van der Waals surface area (Å²) < 4.78 is 32.4. The molecular weight excluding hydrogens is 370 g/mol. The standard InChI is InChI=1S/C18H25N3O5S/c1-3-26-18(23)19-8-10-21(11-9-19)27(24,25)17-5-4-15-6-7-20(14(2)22)13-16(15)12-17/h4-5,12H,3,6-11,13H2,1-2H3. The number of ether oxygens (including phenoxy) is 1. The zero-order valence-corrected chi connectivity index (χ0v) is 16.5. The van der Waals surface area contributed by atoms with Gasteiger partial charge in [-0.1, -0.05) is 6.07 Å². The van der Waals surface area contributed by atoms with Crippen LogP contribution in [0.4, 0.5) is 4.79 Å². The predicted octanol–water partition coefficient (Wildman–Crippen LogP) is 1.05. The Morgan fingerprint density at radius 1 is 1.04 bits per heavy atom. The lowest BCUT2D eigenvalue weighted by molar-refractivity contribution is -0.129. The zero-order valence-electron chi connectivity index (χ0n) is 15.7. The summed E-state index contributed by atoms with van der Waals surface area (Å²) in [6.07, 6.45) is 0.320. The highest BCUT2D eigenvalue weighted by atomic mass is 32.2. The molecule has 0 N–H and O–H groups in total. The number of hydrogen-bond acceptors (Lipinski definition) is 5. The zero-order chi connectivity index (χ0) is 19.6. The molecule has 0 aliphatic carbocycles. The molecule has 0 radical (unpaired) electrons. The van der Waals surface area contributed by atoms with Crippen LogP contribution < -0.4 is 0 Å². The van der Waals surface area contributed by atoms with Crippen LogP contribution in [-0.2, 0) is 32.5 Å². The van der Waals surface area contributed by atoms with Crippen molar-refractivity contribution in [1.29, 1.82) is 0 Å². The Bertz CT molecular complexity index is 831. The molecule has 0 atom stereocenters. The minimum absolute atomic E-state index is 0.0102. The van der Waals surface area contributed by atoms with E-state index in [4.69, 9.17) is 4.74 Å². The second kappa shape index (κ2) is 7.85. The molecule has 1 fully saturated rings. The average molecular weight is 395 g/mol. The molecule has 2 aliphatic rings. The van der Waals surface area contributed by atoms with E-state index in [1.807, 2.05) is 6.07 Å². The van der Waals surface area contributed by atoms with Crippen molar-refractivity contribution in [3.63, 3.8) is 0 Å². The maximum Gasteiger partial charge on any atom is 0.409 e. The SMILES string of the molecule is CCOC(=O)N1CCN(S(=O)(=O)c2ccc3c(c2)CN(C(C)=O)CC3)CC1. The van der Waals surface area contributed by atoms with E-state index in [0.29, 0.717) is 32.8 Å². The van der Waals surface area contributed by atoms with Crippen molar-refractivity contribution in [2.75, 3.05) is 39.3 Å². The number of fused-ring (bicyclic) bond motifs is 1. The maximum absolute atomic E-state index is 13.0. The van der Waals surface area contributed by atoms with Gasteiger partial charge in [-0.3, -0.25) is 4.79 Å². The number of rotatable bonds is 3. The Morgan fingerprint density at radius 3 is 2.37 bits per heavy atom. The molecule has 1 aromatic carbocycles. The van der Waals surface area contributed by atoms with Gasteiger partial charge in [0.15, 0.2) is 0 Å². The molecule has 9 heteroatoms. The molecule has 1 saturated heterocycles. The summed E-state index contributed by atoms with van der Waals surface area (Å²) in [5.74, 6) is -0.0102. The molecule has 0 bridgehead atoms. The van der Waals surface area contributed by atoms with E-state index in [1.54, 1.807) is 24.0 Å². The van der Waals surface area contributed by atoms with Gasteiger partial charge in [0.05, 0.1) is 11.5 Å². The predicted molar refractivity (Wildman–Crippen MR) is 98.6 cm³/mol. The fourth-order valence-electron chi connectivity index (χ4n) is 3.44. The summed E-state index contributed by atoms with van der Waals surface area (Å²) in [5, 5.41) is 0. The normalized spacial score (nSPS) is 18.1. The van der Waals surface area contributed by atoms with Crippen LogP contribution in [0.25, 0.3) is 0 Å². The van der Waals surface area contributed by atoms with Gasteiger partial charge in [0.2, 0.25) is 15.9 Å². The van der Waals surface area contributed by atoms with E-state index in [2.05, 4.69) is 0 Å². The third-order valence-electron chi connectivity index (χ3n) is 5.04. The molecule has 148 valence electrons. The van der Waals surface area contributed by atoms with Gasteiger partial charge in [0.25, 0.3) is 0 Å². The van der Waals surface area contributed by atoms with Crippen LogP contribution in [-0.4, -0.2) is 73.9 Å². The van der Waals surface area contributed by atoms with Crippen LogP contribution in [0.5, 0.6) is 0 Å². The van der Waals surface area contributed by atoms with E-state index < -0.39 is 16.1 Å². The van der Waals surface area contributed by atoms with Gasteiger partial charge in [-0.2, -0.15) is 4.31 Å². The van der Waals surface area contributed by atoms with Crippen LogP contribution in [0.15, 0.2) is 23.1 Å². The van der Waals surface area contributed by atoms with Crippen molar-refractivity contribution >= 4 is 22.0 Å². The average Bonchev–Trinajstić information content (AvgIpc) is 2.67. The van der Waals surface area contributed by atoms with Gasteiger partial charge in [0, 0.05) is 46.2 Å². The van der Waals surface area contributed by atoms with Gasteiger partial charge in [-0.25, -0.2) is 13.2 Å². The van der Waals surface area contributed by atoms with Gasteiger partial charge in [-0.15, -0.1) is 0 Å². The second-order valence-corrected chi connectivity index (χ2v) is 8.65. The van der Waals surface area contributed by atoms with Crippen molar-refractivity contribution in [1.82, 2.24) is 14.1 Å². The highest BCUT2D eigenvalue weighted by molar-refractivity contribution is 7.89. The third kappa shape index (κ3) is 4.08. The quantitative estimate of drug-likeness (QED) is 0.764. The lowest BCUT2D eigenvalue weighted by atomic mass is 10.00. The molecule has 0 unspecified atom stereocenters. The monoisotopic (exact) mass is 395 g/mol. The van der Waals surface area contributed by atoms with Gasteiger partial charge in [-0.05, 0) is 36.6 Å². The topological polar surface area (TPSA) is 87.2 Å². The van der Waals surface area contributed by atoms with Crippen molar-refractivity contribution in [2.45, 2.75) is 31.7 Å². The van der Waals surface area contributed by atoms with Crippen LogP contribution >= 0.6 is 0 Å². The van der Waals surface area contributed by atoms with Crippen LogP contribution in [0, 0.1) is 0 Å².